The van der Waals surface area contributed by atoms with Gasteiger partial charge in [-0.2, -0.15) is 5.10 Å². The summed E-state index contributed by atoms with van der Waals surface area (Å²) < 4.78 is 6.95. The molecule has 0 radical (unpaired) electrons. The van der Waals surface area contributed by atoms with Gasteiger partial charge in [0.05, 0.1) is 29.8 Å². The van der Waals surface area contributed by atoms with E-state index >= 15 is 0 Å². The number of halogens is 2. The topological polar surface area (TPSA) is 56.5 Å². The third-order valence-electron chi connectivity index (χ3n) is 4.21. The van der Waals surface area contributed by atoms with Crippen molar-refractivity contribution in [3.63, 3.8) is 0 Å². The highest BCUT2D eigenvalue weighted by molar-refractivity contribution is 6.35. The number of esters is 1. The second-order valence-corrected chi connectivity index (χ2v) is 8.22. The summed E-state index contributed by atoms with van der Waals surface area (Å²) in [7, 11) is 0. The van der Waals surface area contributed by atoms with E-state index in [2.05, 4.69) is 5.10 Å². The van der Waals surface area contributed by atoms with Gasteiger partial charge in [0.15, 0.2) is 5.65 Å². The van der Waals surface area contributed by atoms with Crippen LogP contribution in [0.15, 0.2) is 24.4 Å². The van der Waals surface area contributed by atoms with Crippen LogP contribution in [0.4, 0.5) is 0 Å². The molecule has 27 heavy (non-hydrogen) atoms. The van der Waals surface area contributed by atoms with Gasteiger partial charge < -0.3 is 4.74 Å². The first-order chi connectivity index (χ1) is 12.6. The van der Waals surface area contributed by atoms with Crippen molar-refractivity contribution in [2.45, 2.75) is 40.0 Å². The third kappa shape index (κ3) is 3.66. The molecule has 0 spiro atoms. The van der Waals surface area contributed by atoms with E-state index < -0.39 is 5.97 Å². The minimum Gasteiger partial charge on any atom is -0.462 e. The average molecular weight is 406 g/mol. The Balaban J connectivity index is 2.35. The summed E-state index contributed by atoms with van der Waals surface area (Å²) in [6.45, 7) is 10.1. The van der Waals surface area contributed by atoms with Gasteiger partial charge in [-0.25, -0.2) is 14.3 Å². The molecule has 0 saturated heterocycles. The van der Waals surface area contributed by atoms with Crippen molar-refractivity contribution in [1.29, 1.82) is 0 Å². The fourth-order valence-electron chi connectivity index (χ4n) is 3.22. The molecule has 0 amide bonds. The lowest BCUT2D eigenvalue weighted by Crippen LogP contribution is -2.21. The maximum absolute atomic E-state index is 12.5. The Hall–Kier alpha value is -2.11. The highest BCUT2D eigenvalue weighted by Crippen LogP contribution is 2.34. The van der Waals surface area contributed by atoms with E-state index in [0.29, 0.717) is 27.9 Å². The lowest BCUT2D eigenvalue weighted by Gasteiger charge is -2.22. The number of aromatic nitrogens is 3. The summed E-state index contributed by atoms with van der Waals surface area (Å²) in [6.07, 6.45) is 1.54. The Morgan fingerprint density at radius 2 is 1.81 bits per heavy atom. The van der Waals surface area contributed by atoms with Crippen LogP contribution in [0.3, 0.4) is 0 Å². The van der Waals surface area contributed by atoms with Crippen molar-refractivity contribution in [2.24, 2.45) is 0 Å². The number of aryl methyl sites for hydroxylation is 1. The maximum atomic E-state index is 12.5. The number of carbonyl (C=O) groups excluding carboxylic acids is 1. The minimum absolute atomic E-state index is 0.299. The molecule has 2 aromatic heterocycles. The van der Waals surface area contributed by atoms with Gasteiger partial charge in [-0.3, -0.25) is 0 Å². The Morgan fingerprint density at radius 1 is 1.19 bits per heavy atom. The number of carbonyl (C=O) groups is 1. The third-order valence-corrected chi connectivity index (χ3v) is 4.64. The van der Waals surface area contributed by atoms with Crippen LogP contribution >= 0.6 is 23.2 Å². The first-order valence-corrected chi connectivity index (χ1v) is 9.41. The Morgan fingerprint density at radius 3 is 2.37 bits per heavy atom. The predicted molar refractivity (Wildman–Crippen MR) is 108 cm³/mol. The Labute approximate surface area is 168 Å². The van der Waals surface area contributed by atoms with E-state index in [1.54, 1.807) is 23.7 Å². The van der Waals surface area contributed by atoms with E-state index in [1.165, 1.54) is 0 Å². The van der Waals surface area contributed by atoms with Gasteiger partial charge in [0.1, 0.15) is 0 Å². The van der Waals surface area contributed by atoms with Crippen molar-refractivity contribution >= 4 is 34.8 Å². The molecule has 0 aliphatic rings. The molecule has 0 unspecified atom stereocenters. The van der Waals surface area contributed by atoms with Gasteiger partial charge in [0, 0.05) is 21.2 Å². The van der Waals surface area contributed by atoms with E-state index in [-0.39, 0.29) is 5.41 Å². The van der Waals surface area contributed by atoms with Gasteiger partial charge >= 0.3 is 5.97 Å². The van der Waals surface area contributed by atoms with Gasteiger partial charge in [-0.15, -0.1) is 0 Å². The number of ether oxygens (including phenoxy) is 1. The zero-order chi connectivity index (χ0) is 19.9. The average Bonchev–Trinajstić information content (AvgIpc) is 2.87. The van der Waals surface area contributed by atoms with Crippen molar-refractivity contribution in [1.82, 2.24) is 14.6 Å². The normalized spacial score (nSPS) is 11.8. The van der Waals surface area contributed by atoms with Crippen LogP contribution in [0.25, 0.3) is 16.9 Å². The zero-order valence-corrected chi connectivity index (χ0v) is 17.4. The van der Waals surface area contributed by atoms with Crippen molar-refractivity contribution in [2.75, 3.05) is 6.61 Å². The van der Waals surface area contributed by atoms with Crippen LogP contribution in [-0.4, -0.2) is 27.2 Å². The van der Waals surface area contributed by atoms with Crippen LogP contribution in [0, 0.1) is 6.92 Å². The highest BCUT2D eigenvalue weighted by atomic mass is 35.5. The lowest BCUT2D eigenvalue weighted by molar-refractivity contribution is 0.0523. The molecule has 0 atom stereocenters. The molecule has 0 fully saturated rings. The number of hydrogen-bond donors (Lipinski definition) is 0. The minimum atomic E-state index is -0.398. The number of hydrogen-bond acceptors (Lipinski definition) is 4. The lowest BCUT2D eigenvalue weighted by atomic mass is 9.85. The maximum Gasteiger partial charge on any atom is 0.340 e. The van der Waals surface area contributed by atoms with Crippen molar-refractivity contribution < 1.29 is 9.53 Å². The molecule has 7 heteroatoms. The van der Waals surface area contributed by atoms with E-state index in [0.717, 1.165) is 22.5 Å². The fourth-order valence-corrected chi connectivity index (χ4v) is 3.74. The molecular formula is C20H21Cl2N3O2. The van der Waals surface area contributed by atoms with Gasteiger partial charge in [-0.05, 0) is 37.5 Å². The number of fused-ring (bicyclic) bond motifs is 1. The second kappa shape index (κ2) is 7.13. The fraction of sp³-hybridized carbons (Fsp3) is 0.350. The molecule has 3 rings (SSSR count). The predicted octanol–water partition coefficient (Wildman–Crippen LogP) is 5.49. The Kier molecular flexibility index (Phi) is 5.19. The molecule has 1 aromatic carbocycles. The number of imidazole rings is 1. The summed E-state index contributed by atoms with van der Waals surface area (Å²) in [4.78, 5) is 17.2. The van der Waals surface area contributed by atoms with E-state index in [9.17, 15) is 4.79 Å². The molecule has 0 N–H and O–H groups in total. The molecule has 3 aromatic rings. The summed E-state index contributed by atoms with van der Waals surface area (Å²) >= 11 is 12.4. The molecule has 0 aliphatic carbocycles. The van der Waals surface area contributed by atoms with Gasteiger partial charge in [0.2, 0.25) is 0 Å². The summed E-state index contributed by atoms with van der Waals surface area (Å²) in [5, 5.41) is 5.55. The van der Waals surface area contributed by atoms with Gasteiger partial charge in [0.25, 0.3) is 0 Å². The van der Waals surface area contributed by atoms with Crippen LogP contribution < -0.4 is 0 Å². The van der Waals surface area contributed by atoms with Crippen molar-refractivity contribution in [3.8, 4) is 11.3 Å². The summed E-state index contributed by atoms with van der Waals surface area (Å²) in [6, 6.07) is 5.32. The second-order valence-electron chi connectivity index (χ2n) is 7.34. The monoisotopic (exact) mass is 405 g/mol. The molecule has 142 valence electrons. The highest BCUT2D eigenvalue weighted by Gasteiger charge is 2.29. The Bertz CT molecular complexity index is 1020. The summed E-state index contributed by atoms with van der Waals surface area (Å²) in [5.41, 5.74) is 3.87. The zero-order valence-electron chi connectivity index (χ0n) is 15.9. The first kappa shape index (κ1) is 19.6. The van der Waals surface area contributed by atoms with E-state index in [4.69, 9.17) is 32.9 Å². The van der Waals surface area contributed by atoms with E-state index in [1.807, 2.05) is 39.8 Å². The molecular weight excluding hydrogens is 385 g/mol. The van der Waals surface area contributed by atoms with Crippen LogP contribution in [0.1, 0.15) is 49.3 Å². The van der Waals surface area contributed by atoms with Gasteiger partial charge in [-0.1, -0.05) is 44.0 Å². The molecule has 5 nitrogen and oxygen atoms in total. The molecule has 0 bridgehead atoms. The molecule has 0 saturated carbocycles. The number of rotatable bonds is 3. The quantitative estimate of drug-likeness (QED) is 0.540. The van der Waals surface area contributed by atoms with Crippen LogP contribution in [-0.2, 0) is 10.2 Å². The smallest absolute Gasteiger partial charge is 0.340 e. The first-order valence-electron chi connectivity index (χ1n) is 8.66. The standard InChI is InChI=1S/C20H21Cl2N3O2/c1-6-27-19(26)15-10-23-25-17(12-7-13(21)9-14(22)8-12)11(2)24-18(25)16(15)20(3,4)5/h7-10H,6H2,1-5H3. The number of nitrogens with zero attached hydrogens (tertiary/aromatic N) is 3. The van der Waals surface area contributed by atoms with Crippen molar-refractivity contribution in [3.05, 3.63) is 51.3 Å². The molecule has 2 heterocycles. The van der Waals surface area contributed by atoms with Crippen LogP contribution in [0.5, 0.6) is 0 Å². The summed E-state index contributed by atoms with van der Waals surface area (Å²) in [5.74, 6) is -0.398. The largest absolute Gasteiger partial charge is 0.462 e. The van der Waals surface area contributed by atoms with Crippen LogP contribution in [0.2, 0.25) is 10.0 Å². The molecule has 0 aliphatic heterocycles. The number of benzene rings is 1. The SMILES string of the molecule is CCOC(=O)c1cnn2c(-c3cc(Cl)cc(Cl)c3)c(C)nc2c1C(C)(C)C.